The van der Waals surface area contributed by atoms with Gasteiger partial charge in [0.2, 0.25) is 0 Å². The highest BCUT2D eigenvalue weighted by molar-refractivity contribution is 6.09. The molecule has 3 nitrogen and oxygen atoms in total. The fourth-order valence-corrected chi connectivity index (χ4v) is 2.84. The number of rotatable bonds is 5. The van der Waals surface area contributed by atoms with E-state index >= 15 is 0 Å². The van der Waals surface area contributed by atoms with Crippen molar-refractivity contribution in [1.29, 1.82) is 0 Å². The monoisotopic (exact) mass is 295 g/mol. The van der Waals surface area contributed by atoms with Crippen molar-refractivity contribution in [3.63, 3.8) is 0 Å². The molecule has 0 radical (unpaired) electrons. The summed E-state index contributed by atoms with van der Waals surface area (Å²) < 4.78 is 5.47. The maximum atomic E-state index is 12.5. The Hall–Kier alpha value is -2.13. The Labute approximate surface area is 131 Å². The van der Waals surface area contributed by atoms with E-state index in [2.05, 4.69) is 19.1 Å². The minimum absolute atomic E-state index is 0.0886. The second kappa shape index (κ2) is 6.32. The van der Waals surface area contributed by atoms with Gasteiger partial charge in [0.1, 0.15) is 0 Å². The van der Waals surface area contributed by atoms with Gasteiger partial charge in [0.25, 0.3) is 5.91 Å². The van der Waals surface area contributed by atoms with Gasteiger partial charge in [0.15, 0.2) is 0 Å². The molecule has 1 aliphatic rings. The lowest BCUT2D eigenvalue weighted by Gasteiger charge is -2.17. The van der Waals surface area contributed by atoms with E-state index in [-0.39, 0.29) is 5.91 Å². The van der Waals surface area contributed by atoms with Crippen LogP contribution >= 0.6 is 0 Å². The summed E-state index contributed by atoms with van der Waals surface area (Å²) in [6.07, 6.45) is 0. The quantitative estimate of drug-likeness (QED) is 0.835. The normalized spacial score (nSPS) is 15.0. The first-order valence-corrected chi connectivity index (χ1v) is 7.78. The zero-order valence-corrected chi connectivity index (χ0v) is 13.1. The Kier molecular flexibility index (Phi) is 4.25. The van der Waals surface area contributed by atoms with Gasteiger partial charge in [0, 0.05) is 23.8 Å². The van der Waals surface area contributed by atoms with Crippen LogP contribution in [0.4, 0.5) is 5.69 Å². The minimum atomic E-state index is 0.0886. The van der Waals surface area contributed by atoms with Crippen molar-refractivity contribution in [3.8, 4) is 0 Å². The van der Waals surface area contributed by atoms with Gasteiger partial charge in [-0.25, -0.2) is 0 Å². The first-order chi connectivity index (χ1) is 10.7. The fraction of sp³-hybridized carbons (Fsp3) is 0.316. The molecule has 1 aliphatic heterocycles. The number of ether oxygens (including phenoxy) is 1. The molecule has 114 valence electrons. The standard InChI is InChI=1S/C19H21NO2/c1-3-22-13-14(2)15-8-10-17(11-9-15)20-12-16-6-4-5-7-18(16)19(20)21/h4-11,14H,3,12-13H2,1-2H3. The zero-order chi connectivity index (χ0) is 15.5. The van der Waals surface area contributed by atoms with Crippen molar-refractivity contribution in [2.24, 2.45) is 0 Å². The van der Waals surface area contributed by atoms with Gasteiger partial charge in [-0.15, -0.1) is 0 Å². The summed E-state index contributed by atoms with van der Waals surface area (Å²) in [6, 6.07) is 16.1. The van der Waals surface area contributed by atoms with Crippen molar-refractivity contribution in [1.82, 2.24) is 0 Å². The Balaban J connectivity index is 1.76. The highest BCUT2D eigenvalue weighted by Crippen LogP contribution is 2.29. The van der Waals surface area contributed by atoms with E-state index in [4.69, 9.17) is 4.74 Å². The van der Waals surface area contributed by atoms with Crippen molar-refractivity contribution in [2.75, 3.05) is 18.1 Å². The van der Waals surface area contributed by atoms with Crippen molar-refractivity contribution >= 4 is 11.6 Å². The van der Waals surface area contributed by atoms with E-state index in [1.165, 1.54) is 5.56 Å². The number of benzene rings is 2. The van der Waals surface area contributed by atoms with Crippen LogP contribution in [0, 0.1) is 0 Å². The second-order valence-corrected chi connectivity index (χ2v) is 5.70. The van der Waals surface area contributed by atoms with Gasteiger partial charge in [-0.05, 0) is 36.2 Å². The minimum Gasteiger partial charge on any atom is -0.381 e. The van der Waals surface area contributed by atoms with Crippen LogP contribution in [-0.2, 0) is 11.3 Å². The summed E-state index contributed by atoms with van der Waals surface area (Å²) in [5.74, 6) is 0.450. The van der Waals surface area contributed by atoms with E-state index in [9.17, 15) is 4.79 Å². The van der Waals surface area contributed by atoms with E-state index in [0.717, 1.165) is 30.0 Å². The Morgan fingerprint density at radius 3 is 2.55 bits per heavy atom. The van der Waals surface area contributed by atoms with E-state index in [0.29, 0.717) is 12.5 Å². The molecule has 0 aliphatic carbocycles. The summed E-state index contributed by atoms with van der Waals surface area (Å²) in [5, 5.41) is 0. The molecule has 0 N–H and O–H groups in total. The maximum absolute atomic E-state index is 12.5. The molecule has 0 spiro atoms. The van der Waals surface area contributed by atoms with Gasteiger partial charge in [-0.1, -0.05) is 37.3 Å². The molecule has 0 saturated carbocycles. The van der Waals surface area contributed by atoms with Crippen LogP contribution < -0.4 is 4.90 Å². The maximum Gasteiger partial charge on any atom is 0.258 e. The number of carbonyl (C=O) groups is 1. The van der Waals surface area contributed by atoms with Crippen molar-refractivity contribution in [3.05, 3.63) is 65.2 Å². The van der Waals surface area contributed by atoms with Gasteiger partial charge < -0.3 is 9.64 Å². The molecule has 22 heavy (non-hydrogen) atoms. The fourth-order valence-electron chi connectivity index (χ4n) is 2.84. The number of hydrogen-bond acceptors (Lipinski definition) is 2. The average molecular weight is 295 g/mol. The molecule has 2 aromatic carbocycles. The van der Waals surface area contributed by atoms with Crippen molar-refractivity contribution < 1.29 is 9.53 Å². The van der Waals surface area contributed by atoms with Gasteiger partial charge in [0.05, 0.1) is 13.2 Å². The Bertz CT molecular complexity index is 663. The molecule has 3 rings (SSSR count). The smallest absolute Gasteiger partial charge is 0.258 e. The summed E-state index contributed by atoms with van der Waals surface area (Å²) in [6.45, 7) is 6.28. The molecule has 1 unspecified atom stereocenters. The lowest BCUT2D eigenvalue weighted by atomic mass is 10.0. The van der Waals surface area contributed by atoms with Gasteiger partial charge in [-0.2, -0.15) is 0 Å². The molecule has 0 aromatic heterocycles. The number of fused-ring (bicyclic) bond motifs is 1. The van der Waals surface area contributed by atoms with Gasteiger partial charge in [-0.3, -0.25) is 4.79 Å². The van der Waals surface area contributed by atoms with E-state index in [1.54, 1.807) is 0 Å². The molecule has 2 aromatic rings. The number of anilines is 1. The first kappa shape index (κ1) is 14.8. The third-order valence-electron chi connectivity index (χ3n) is 4.17. The SMILES string of the molecule is CCOCC(C)c1ccc(N2Cc3ccccc3C2=O)cc1. The molecule has 1 atom stereocenters. The van der Waals surface area contributed by atoms with Crippen LogP contribution in [0.1, 0.15) is 41.3 Å². The largest absolute Gasteiger partial charge is 0.381 e. The molecule has 0 bridgehead atoms. The Morgan fingerprint density at radius 1 is 1.14 bits per heavy atom. The highest BCUT2D eigenvalue weighted by Gasteiger charge is 2.27. The highest BCUT2D eigenvalue weighted by atomic mass is 16.5. The lowest BCUT2D eigenvalue weighted by Crippen LogP contribution is -2.22. The third kappa shape index (κ3) is 2.77. The third-order valence-corrected chi connectivity index (χ3v) is 4.17. The summed E-state index contributed by atoms with van der Waals surface area (Å²) in [4.78, 5) is 14.3. The molecule has 1 amide bonds. The molecule has 3 heteroatoms. The van der Waals surface area contributed by atoms with Crippen LogP contribution in [-0.4, -0.2) is 19.1 Å². The number of amides is 1. The van der Waals surface area contributed by atoms with Gasteiger partial charge >= 0.3 is 0 Å². The molecular weight excluding hydrogens is 274 g/mol. The zero-order valence-electron chi connectivity index (χ0n) is 13.1. The number of carbonyl (C=O) groups excluding carboxylic acids is 1. The predicted octanol–water partition coefficient (Wildman–Crippen LogP) is 3.99. The van der Waals surface area contributed by atoms with Crippen LogP contribution in [0.15, 0.2) is 48.5 Å². The molecule has 0 saturated heterocycles. The lowest BCUT2D eigenvalue weighted by molar-refractivity contribution is 0.0996. The summed E-state index contributed by atoms with van der Waals surface area (Å²) >= 11 is 0. The first-order valence-electron chi connectivity index (χ1n) is 7.78. The van der Waals surface area contributed by atoms with E-state index in [1.807, 2.05) is 48.2 Å². The summed E-state index contributed by atoms with van der Waals surface area (Å²) in [5.41, 5.74) is 4.10. The molecular formula is C19H21NO2. The van der Waals surface area contributed by atoms with Crippen LogP contribution in [0.25, 0.3) is 0 Å². The second-order valence-electron chi connectivity index (χ2n) is 5.70. The number of nitrogens with zero attached hydrogens (tertiary/aromatic N) is 1. The van der Waals surface area contributed by atoms with E-state index < -0.39 is 0 Å². The predicted molar refractivity (Wildman–Crippen MR) is 88.3 cm³/mol. The van der Waals surface area contributed by atoms with Crippen LogP contribution in [0.5, 0.6) is 0 Å². The average Bonchev–Trinajstić information content (AvgIpc) is 2.90. The summed E-state index contributed by atoms with van der Waals surface area (Å²) in [7, 11) is 0. The number of hydrogen-bond donors (Lipinski definition) is 0. The van der Waals surface area contributed by atoms with Crippen molar-refractivity contribution in [2.45, 2.75) is 26.3 Å². The topological polar surface area (TPSA) is 29.5 Å². The molecule has 0 fully saturated rings. The van der Waals surface area contributed by atoms with Crippen LogP contribution in [0.3, 0.4) is 0 Å². The molecule has 1 heterocycles. The Morgan fingerprint density at radius 2 is 1.86 bits per heavy atom. The van der Waals surface area contributed by atoms with Crippen LogP contribution in [0.2, 0.25) is 0 Å².